The number of anilines is 1. The minimum atomic E-state index is -0.491. The number of imidazole rings is 1. The van der Waals surface area contributed by atoms with E-state index < -0.39 is 5.60 Å². The molecule has 1 saturated heterocycles. The van der Waals surface area contributed by atoms with Crippen LogP contribution >= 0.6 is 0 Å². The molecule has 2 aromatic rings. The van der Waals surface area contributed by atoms with E-state index in [1.54, 1.807) is 12.0 Å². The molecule has 1 amide bonds. The van der Waals surface area contributed by atoms with Crippen LogP contribution < -0.4 is 15.0 Å². The molecular formula is C18H28N6O3. The standard InChI is InChI=1S/C18H28N6O3/c1-18(2,3)27-17(25)23-8-6-22(7-9-23)16-21-15(26-5)10-14-20-13(11-19-4)12-24(14)16/h10,12,19H,6-9,11H2,1-5H3. The SMILES string of the molecule is CNCc1cn2c(N3CCN(C(=O)OC(C)(C)C)CC3)nc(OC)cc2n1. The van der Waals surface area contributed by atoms with Crippen molar-refractivity contribution in [3.05, 3.63) is 18.0 Å². The fourth-order valence-corrected chi connectivity index (χ4v) is 3.01. The number of amides is 1. The lowest BCUT2D eigenvalue weighted by Gasteiger charge is -2.36. The van der Waals surface area contributed by atoms with Gasteiger partial charge in [-0.25, -0.2) is 9.78 Å². The molecule has 0 unspecified atom stereocenters. The summed E-state index contributed by atoms with van der Waals surface area (Å²) in [4.78, 5) is 25.4. The second-order valence-corrected chi connectivity index (χ2v) is 7.54. The average molecular weight is 376 g/mol. The summed E-state index contributed by atoms with van der Waals surface area (Å²) in [7, 11) is 3.49. The largest absolute Gasteiger partial charge is 0.481 e. The molecule has 2 aromatic heterocycles. The van der Waals surface area contributed by atoms with E-state index in [1.165, 1.54) is 0 Å². The maximum absolute atomic E-state index is 12.3. The van der Waals surface area contributed by atoms with E-state index >= 15 is 0 Å². The van der Waals surface area contributed by atoms with Crippen LogP contribution in [0.2, 0.25) is 0 Å². The van der Waals surface area contributed by atoms with E-state index in [1.807, 2.05) is 44.5 Å². The molecule has 0 bridgehead atoms. The van der Waals surface area contributed by atoms with Crippen molar-refractivity contribution in [2.24, 2.45) is 0 Å². The van der Waals surface area contributed by atoms with Gasteiger partial charge in [0.2, 0.25) is 11.8 Å². The van der Waals surface area contributed by atoms with Gasteiger partial charge in [-0.15, -0.1) is 0 Å². The first-order chi connectivity index (χ1) is 12.8. The van der Waals surface area contributed by atoms with E-state index in [-0.39, 0.29) is 6.09 Å². The van der Waals surface area contributed by atoms with Gasteiger partial charge in [-0.1, -0.05) is 0 Å². The fourth-order valence-electron chi connectivity index (χ4n) is 3.01. The zero-order chi connectivity index (χ0) is 19.6. The molecule has 0 saturated carbocycles. The molecule has 0 spiro atoms. The van der Waals surface area contributed by atoms with Crippen molar-refractivity contribution in [2.45, 2.75) is 32.9 Å². The summed E-state index contributed by atoms with van der Waals surface area (Å²) < 4.78 is 12.8. The normalized spacial score (nSPS) is 15.3. The Labute approximate surface area is 159 Å². The lowest BCUT2D eigenvalue weighted by atomic mass is 10.2. The summed E-state index contributed by atoms with van der Waals surface area (Å²) in [5, 5.41) is 3.11. The number of hydrogen-bond donors (Lipinski definition) is 1. The Morgan fingerprint density at radius 2 is 1.93 bits per heavy atom. The highest BCUT2D eigenvalue weighted by atomic mass is 16.6. The predicted octanol–water partition coefficient (Wildman–Crippen LogP) is 1.51. The first-order valence-corrected chi connectivity index (χ1v) is 9.11. The van der Waals surface area contributed by atoms with Crippen molar-refractivity contribution in [3.63, 3.8) is 0 Å². The van der Waals surface area contributed by atoms with Crippen LogP contribution in [0.4, 0.5) is 10.7 Å². The highest BCUT2D eigenvalue weighted by molar-refractivity contribution is 5.68. The van der Waals surface area contributed by atoms with Crippen LogP contribution in [0.15, 0.2) is 12.3 Å². The van der Waals surface area contributed by atoms with Gasteiger partial charge in [0, 0.05) is 45.0 Å². The Kier molecular flexibility index (Phi) is 5.41. The summed E-state index contributed by atoms with van der Waals surface area (Å²) in [5.41, 5.74) is 1.23. The fraction of sp³-hybridized carbons (Fsp3) is 0.611. The first kappa shape index (κ1) is 19.2. The van der Waals surface area contributed by atoms with Crippen LogP contribution in [0.3, 0.4) is 0 Å². The molecule has 3 rings (SSSR count). The molecule has 3 heterocycles. The lowest BCUT2D eigenvalue weighted by Crippen LogP contribution is -2.50. The quantitative estimate of drug-likeness (QED) is 0.866. The average Bonchev–Trinajstić information content (AvgIpc) is 3.02. The molecule has 9 heteroatoms. The van der Waals surface area contributed by atoms with E-state index in [4.69, 9.17) is 9.47 Å². The van der Waals surface area contributed by atoms with Gasteiger partial charge in [0.25, 0.3) is 0 Å². The third kappa shape index (κ3) is 4.41. The van der Waals surface area contributed by atoms with Crippen molar-refractivity contribution in [1.82, 2.24) is 24.6 Å². The van der Waals surface area contributed by atoms with E-state index in [2.05, 4.69) is 20.2 Å². The van der Waals surface area contributed by atoms with Crippen molar-refractivity contribution in [1.29, 1.82) is 0 Å². The van der Waals surface area contributed by atoms with Gasteiger partial charge < -0.3 is 24.6 Å². The Bertz CT molecular complexity index is 805. The van der Waals surface area contributed by atoms with Crippen molar-refractivity contribution < 1.29 is 14.3 Å². The highest BCUT2D eigenvalue weighted by Gasteiger charge is 2.27. The Hall–Kier alpha value is -2.55. The zero-order valence-electron chi connectivity index (χ0n) is 16.7. The van der Waals surface area contributed by atoms with Crippen molar-refractivity contribution in [3.8, 4) is 5.88 Å². The summed E-state index contributed by atoms with van der Waals surface area (Å²) in [6.45, 7) is 8.78. The minimum absolute atomic E-state index is 0.273. The Morgan fingerprint density at radius 1 is 1.22 bits per heavy atom. The topological polar surface area (TPSA) is 84.2 Å². The Balaban J connectivity index is 1.79. The van der Waals surface area contributed by atoms with Crippen LogP contribution in [0.5, 0.6) is 5.88 Å². The first-order valence-electron chi connectivity index (χ1n) is 9.11. The summed E-state index contributed by atoms with van der Waals surface area (Å²) in [6, 6.07) is 1.82. The van der Waals surface area contributed by atoms with Gasteiger partial charge in [0.15, 0.2) is 0 Å². The second kappa shape index (κ2) is 7.59. The number of carbonyl (C=O) groups is 1. The highest BCUT2D eigenvalue weighted by Crippen LogP contribution is 2.22. The maximum atomic E-state index is 12.3. The molecule has 1 aliphatic heterocycles. The number of piperazine rings is 1. The second-order valence-electron chi connectivity index (χ2n) is 7.54. The molecule has 0 radical (unpaired) electrons. The molecular weight excluding hydrogens is 348 g/mol. The smallest absolute Gasteiger partial charge is 0.410 e. The summed E-state index contributed by atoms with van der Waals surface area (Å²) in [6.07, 6.45) is 1.71. The van der Waals surface area contributed by atoms with Crippen LogP contribution in [0, 0.1) is 0 Å². The number of rotatable bonds is 4. The van der Waals surface area contributed by atoms with E-state index in [9.17, 15) is 4.79 Å². The third-order valence-electron chi connectivity index (χ3n) is 4.24. The van der Waals surface area contributed by atoms with E-state index in [0.717, 1.165) is 17.3 Å². The van der Waals surface area contributed by atoms with Gasteiger partial charge in [0.05, 0.1) is 12.8 Å². The molecule has 148 valence electrons. The van der Waals surface area contributed by atoms with Crippen LogP contribution in [-0.2, 0) is 11.3 Å². The maximum Gasteiger partial charge on any atom is 0.410 e. The number of aromatic nitrogens is 3. The Morgan fingerprint density at radius 3 is 2.52 bits per heavy atom. The molecule has 27 heavy (non-hydrogen) atoms. The number of fused-ring (bicyclic) bond motifs is 1. The lowest BCUT2D eigenvalue weighted by molar-refractivity contribution is 0.0240. The van der Waals surface area contributed by atoms with Crippen LogP contribution in [0.1, 0.15) is 26.5 Å². The zero-order valence-corrected chi connectivity index (χ0v) is 16.7. The molecule has 0 aromatic carbocycles. The van der Waals surface area contributed by atoms with Gasteiger partial charge >= 0.3 is 6.09 Å². The molecule has 0 aliphatic carbocycles. The van der Waals surface area contributed by atoms with Crippen LogP contribution in [0.25, 0.3) is 5.65 Å². The number of methoxy groups -OCH3 is 1. The minimum Gasteiger partial charge on any atom is -0.481 e. The number of nitrogens with one attached hydrogen (secondary N) is 1. The number of carbonyl (C=O) groups excluding carboxylic acids is 1. The number of nitrogens with zero attached hydrogens (tertiary/aromatic N) is 5. The third-order valence-corrected chi connectivity index (χ3v) is 4.24. The monoisotopic (exact) mass is 376 g/mol. The van der Waals surface area contributed by atoms with Gasteiger partial charge in [-0.2, -0.15) is 4.98 Å². The van der Waals surface area contributed by atoms with Gasteiger partial charge in [-0.3, -0.25) is 4.40 Å². The number of hydrogen-bond acceptors (Lipinski definition) is 7. The molecule has 1 aliphatic rings. The summed E-state index contributed by atoms with van der Waals surface area (Å²) >= 11 is 0. The molecule has 1 N–H and O–H groups in total. The molecule has 0 atom stereocenters. The number of ether oxygens (including phenoxy) is 2. The molecule has 1 fully saturated rings. The summed E-state index contributed by atoms with van der Waals surface area (Å²) in [5.74, 6) is 1.29. The van der Waals surface area contributed by atoms with Crippen molar-refractivity contribution >= 4 is 17.7 Å². The van der Waals surface area contributed by atoms with Gasteiger partial charge in [-0.05, 0) is 27.8 Å². The predicted molar refractivity (Wildman–Crippen MR) is 102 cm³/mol. The van der Waals surface area contributed by atoms with Crippen molar-refractivity contribution in [2.75, 3.05) is 45.2 Å². The van der Waals surface area contributed by atoms with Crippen LogP contribution in [-0.4, -0.2) is 71.3 Å². The van der Waals surface area contributed by atoms with E-state index in [0.29, 0.717) is 38.6 Å². The van der Waals surface area contributed by atoms with Gasteiger partial charge in [0.1, 0.15) is 11.2 Å². The molecule has 9 nitrogen and oxygen atoms in total.